The van der Waals surface area contributed by atoms with Gasteiger partial charge in [-0.1, -0.05) is 68.5 Å². The minimum atomic E-state index is -0.480. The number of rotatable bonds is 8. The first-order chi connectivity index (χ1) is 13.6. The summed E-state index contributed by atoms with van der Waals surface area (Å²) < 4.78 is 19.7. The van der Waals surface area contributed by atoms with E-state index in [0.29, 0.717) is 18.1 Å². The molecule has 0 bridgehead atoms. The fourth-order valence-electron chi connectivity index (χ4n) is 4.42. The van der Waals surface area contributed by atoms with Crippen LogP contribution in [0.5, 0.6) is 5.75 Å². The van der Waals surface area contributed by atoms with Crippen LogP contribution in [0, 0.1) is 11.7 Å². The van der Waals surface area contributed by atoms with Crippen LogP contribution in [0.1, 0.15) is 76.7 Å². The third kappa shape index (κ3) is 5.08. The van der Waals surface area contributed by atoms with Crippen LogP contribution in [0.2, 0.25) is 5.02 Å². The summed E-state index contributed by atoms with van der Waals surface area (Å²) in [5, 5.41) is 0.131. The van der Waals surface area contributed by atoms with Crippen LogP contribution in [-0.2, 0) is 0 Å². The van der Waals surface area contributed by atoms with Crippen molar-refractivity contribution in [1.82, 2.24) is 0 Å². The third-order valence-electron chi connectivity index (χ3n) is 6.10. The highest BCUT2D eigenvalue weighted by Gasteiger charge is 2.22. The van der Waals surface area contributed by atoms with Gasteiger partial charge in [0.1, 0.15) is 0 Å². The molecule has 3 heteroatoms. The van der Waals surface area contributed by atoms with E-state index >= 15 is 0 Å². The average Bonchev–Trinajstić information content (AvgIpc) is 2.73. The van der Waals surface area contributed by atoms with E-state index in [1.54, 1.807) is 6.07 Å². The molecular weight excluding hydrogens is 371 g/mol. The minimum Gasteiger partial charge on any atom is -0.491 e. The summed E-state index contributed by atoms with van der Waals surface area (Å²) >= 11 is 6.27. The zero-order valence-electron chi connectivity index (χ0n) is 17.1. The number of hydrogen-bond acceptors (Lipinski definition) is 1. The SMILES string of the molecule is CCCCCC1CCC(c2ccc(-c3ccc(OCC)c(F)c3Cl)cc2)CC1. The van der Waals surface area contributed by atoms with Crippen LogP contribution in [0.3, 0.4) is 0 Å². The van der Waals surface area contributed by atoms with E-state index in [1.807, 2.05) is 13.0 Å². The lowest BCUT2D eigenvalue weighted by Crippen LogP contribution is -2.13. The fraction of sp³-hybridized carbons (Fsp3) is 0.520. The first-order valence-electron chi connectivity index (χ1n) is 10.8. The van der Waals surface area contributed by atoms with Crippen LogP contribution >= 0.6 is 11.6 Å². The maximum atomic E-state index is 14.4. The summed E-state index contributed by atoms with van der Waals surface area (Å²) in [5.74, 6) is 1.31. The van der Waals surface area contributed by atoms with Crippen molar-refractivity contribution in [2.45, 2.75) is 71.1 Å². The molecule has 0 aromatic heterocycles. The second kappa shape index (κ2) is 10.3. The predicted octanol–water partition coefficient (Wildman–Crippen LogP) is 8.40. The van der Waals surface area contributed by atoms with Gasteiger partial charge < -0.3 is 4.74 Å². The Morgan fingerprint density at radius 2 is 1.68 bits per heavy atom. The van der Waals surface area contributed by atoms with E-state index in [1.165, 1.54) is 56.9 Å². The summed E-state index contributed by atoms with van der Waals surface area (Å²) in [7, 11) is 0. The highest BCUT2D eigenvalue weighted by Crippen LogP contribution is 2.39. The van der Waals surface area contributed by atoms with Crippen LogP contribution in [-0.4, -0.2) is 6.61 Å². The predicted molar refractivity (Wildman–Crippen MR) is 117 cm³/mol. The van der Waals surface area contributed by atoms with Gasteiger partial charge in [0.15, 0.2) is 11.6 Å². The number of unbranched alkanes of at least 4 members (excludes halogenated alkanes) is 2. The number of benzene rings is 2. The van der Waals surface area contributed by atoms with Crippen molar-refractivity contribution in [2.24, 2.45) is 5.92 Å². The van der Waals surface area contributed by atoms with E-state index in [0.717, 1.165) is 11.5 Å². The van der Waals surface area contributed by atoms with Gasteiger partial charge in [0.05, 0.1) is 11.6 Å². The summed E-state index contributed by atoms with van der Waals surface area (Å²) in [6.45, 7) is 4.52. The van der Waals surface area contributed by atoms with Crippen molar-refractivity contribution in [3.05, 3.63) is 52.8 Å². The minimum absolute atomic E-state index is 0.131. The maximum Gasteiger partial charge on any atom is 0.184 e. The van der Waals surface area contributed by atoms with Gasteiger partial charge in [-0.3, -0.25) is 0 Å². The first kappa shape index (κ1) is 21.2. The molecule has 0 amide bonds. The summed E-state index contributed by atoms with van der Waals surface area (Å²) in [6, 6.07) is 12.0. The molecule has 0 unspecified atom stereocenters. The molecule has 0 heterocycles. The molecular formula is C25H32ClFO. The monoisotopic (exact) mass is 402 g/mol. The van der Waals surface area contributed by atoms with Crippen LogP contribution in [0.4, 0.5) is 4.39 Å². The Bertz CT molecular complexity index is 748. The molecule has 1 nitrogen and oxygen atoms in total. The third-order valence-corrected chi connectivity index (χ3v) is 6.47. The molecule has 3 rings (SSSR count). The van der Waals surface area contributed by atoms with Crippen molar-refractivity contribution in [1.29, 1.82) is 0 Å². The molecule has 1 saturated carbocycles. The Labute approximate surface area is 174 Å². The lowest BCUT2D eigenvalue weighted by molar-refractivity contribution is 0.303. The average molecular weight is 403 g/mol. The molecule has 0 aliphatic heterocycles. The van der Waals surface area contributed by atoms with E-state index in [9.17, 15) is 4.39 Å². The number of halogens is 2. The lowest BCUT2D eigenvalue weighted by atomic mass is 9.77. The molecule has 0 saturated heterocycles. The Morgan fingerprint density at radius 1 is 0.964 bits per heavy atom. The summed E-state index contributed by atoms with van der Waals surface area (Å²) in [6.07, 6.45) is 10.8. The van der Waals surface area contributed by atoms with Gasteiger partial charge in [-0.05, 0) is 67.7 Å². The summed E-state index contributed by atoms with van der Waals surface area (Å²) in [4.78, 5) is 0. The molecule has 1 aliphatic carbocycles. The second-order valence-corrected chi connectivity index (χ2v) is 8.39. The molecule has 1 aliphatic rings. The molecule has 0 atom stereocenters. The van der Waals surface area contributed by atoms with Gasteiger partial charge in [0.25, 0.3) is 0 Å². The van der Waals surface area contributed by atoms with Crippen molar-refractivity contribution in [3.8, 4) is 16.9 Å². The smallest absolute Gasteiger partial charge is 0.184 e. The number of ether oxygens (including phenoxy) is 1. The van der Waals surface area contributed by atoms with E-state index in [2.05, 4.69) is 31.2 Å². The molecule has 0 spiro atoms. The topological polar surface area (TPSA) is 9.23 Å². The Balaban J connectivity index is 1.64. The largest absolute Gasteiger partial charge is 0.491 e. The van der Waals surface area contributed by atoms with Crippen LogP contribution < -0.4 is 4.74 Å². The zero-order chi connectivity index (χ0) is 19.9. The molecule has 0 radical (unpaired) electrons. The molecule has 152 valence electrons. The second-order valence-electron chi connectivity index (χ2n) is 8.01. The lowest BCUT2D eigenvalue weighted by Gasteiger charge is -2.29. The highest BCUT2D eigenvalue weighted by molar-refractivity contribution is 6.33. The van der Waals surface area contributed by atoms with E-state index in [-0.39, 0.29) is 10.8 Å². The quantitative estimate of drug-likeness (QED) is 0.402. The van der Waals surface area contributed by atoms with E-state index in [4.69, 9.17) is 16.3 Å². The van der Waals surface area contributed by atoms with Crippen molar-refractivity contribution in [2.75, 3.05) is 6.61 Å². The van der Waals surface area contributed by atoms with Gasteiger partial charge >= 0.3 is 0 Å². The molecule has 2 aromatic carbocycles. The fourth-order valence-corrected chi connectivity index (χ4v) is 4.69. The molecule has 2 aromatic rings. The van der Waals surface area contributed by atoms with Crippen molar-refractivity contribution < 1.29 is 9.13 Å². The van der Waals surface area contributed by atoms with Gasteiger partial charge in [0, 0.05) is 5.56 Å². The van der Waals surface area contributed by atoms with Crippen LogP contribution in [0.25, 0.3) is 11.1 Å². The van der Waals surface area contributed by atoms with Gasteiger partial charge in [-0.15, -0.1) is 0 Å². The Hall–Kier alpha value is -1.54. The molecule has 28 heavy (non-hydrogen) atoms. The van der Waals surface area contributed by atoms with Crippen molar-refractivity contribution in [3.63, 3.8) is 0 Å². The van der Waals surface area contributed by atoms with E-state index < -0.39 is 5.82 Å². The van der Waals surface area contributed by atoms with Gasteiger partial charge in [0.2, 0.25) is 0 Å². The first-order valence-corrected chi connectivity index (χ1v) is 11.2. The molecule has 0 N–H and O–H groups in total. The van der Waals surface area contributed by atoms with Crippen LogP contribution in [0.15, 0.2) is 36.4 Å². The number of hydrogen-bond donors (Lipinski definition) is 0. The molecule has 1 fully saturated rings. The highest BCUT2D eigenvalue weighted by atomic mass is 35.5. The zero-order valence-corrected chi connectivity index (χ0v) is 17.9. The van der Waals surface area contributed by atoms with Gasteiger partial charge in [-0.25, -0.2) is 4.39 Å². The maximum absolute atomic E-state index is 14.4. The normalized spacial score (nSPS) is 19.6. The van der Waals surface area contributed by atoms with Gasteiger partial charge in [-0.2, -0.15) is 0 Å². The summed E-state index contributed by atoms with van der Waals surface area (Å²) in [5.41, 5.74) is 3.07. The Morgan fingerprint density at radius 3 is 2.32 bits per heavy atom. The Kier molecular flexibility index (Phi) is 7.79. The van der Waals surface area contributed by atoms with Crippen molar-refractivity contribution >= 4 is 11.6 Å². The standard InChI is InChI=1S/C25H32ClFO/c1-3-5-6-7-18-8-10-19(11-9-18)20-12-14-21(15-13-20)22-16-17-23(28-4-2)25(27)24(22)26/h12-19H,3-11H2,1-2H3.